The fraction of sp³-hybridized carbons (Fsp3) is 0.562. The Labute approximate surface area is 120 Å². The van der Waals surface area contributed by atoms with Gasteiger partial charge in [0, 0.05) is 20.3 Å². The largest absolute Gasteiger partial charge is 0.385 e. The molecule has 1 aliphatic heterocycles. The van der Waals surface area contributed by atoms with Crippen molar-refractivity contribution in [2.75, 3.05) is 20.3 Å². The quantitative estimate of drug-likeness (QED) is 0.835. The third-order valence-electron chi connectivity index (χ3n) is 4.38. The summed E-state index contributed by atoms with van der Waals surface area (Å²) < 4.78 is 5.11. The van der Waals surface area contributed by atoms with Gasteiger partial charge in [0.25, 0.3) is 0 Å². The molecule has 1 unspecified atom stereocenters. The van der Waals surface area contributed by atoms with Crippen molar-refractivity contribution >= 4 is 5.91 Å². The van der Waals surface area contributed by atoms with E-state index in [4.69, 9.17) is 4.74 Å². The molecule has 1 aromatic carbocycles. The van der Waals surface area contributed by atoms with Gasteiger partial charge < -0.3 is 9.64 Å². The lowest BCUT2D eigenvalue weighted by molar-refractivity contribution is -0.131. The number of carbonyl (C=O) groups is 1. The maximum Gasteiger partial charge on any atom is 0.244 e. The van der Waals surface area contributed by atoms with Gasteiger partial charge in [0.05, 0.1) is 0 Å². The van der Waals surface area contributed by atoms with E-state index < -0.39 is 0 Å². The van der Waals surface area contributed by atoms with Crippen LogP contribution in [-0.2, 0) is 9.53 Å². The molecular weight excluding hydrogens is 252 g/mol. The van der Waals surface area contributed by atoms with E-state index >= 15 is 0 Å². The maximum absolute atomic E-state index is 12.6. The number of aryl methyl sites for hydroxylation is 1. The number of nitrogens with one attached hydrogen (secondary N) is 1. The third-order valence-corrected chi connectivity index (χ3v) is 4.38. The molecule has 3 rings (SSSR count). The summed E-state index contributed by atoms with van der Waals surface area (Å²) in [5.41, 5.74) is 2.18. The van der Waals surface area contributed by atoms with Crippen LogP contribution >= 0.6 is 0 Å². The van der Waals surface area contributed by atoms with Gasteiger partial charge >= 0.3 is 0 Å². The van der Waals surface area contributed by atoms with Crippen LogP contribution in [0.5, 0.6) is 0 Å². The van der Waals surface area contributed by atoms with Gasteiger partial charge in [-0.25, -0.2) is 0 Å². The second-order valence-electron chi connectivity index (χ2n) is 5.83. The molecule has 1 saturated heterocycles. The molecule has 0 bridgehead atoms. The normalized spacial score (nSPS) is 23.6. The molecule has 0 aromatic heterocycles. The molecular formula is C16H22N2O2. The Kier molecular flexibility index (Phi) is 3.52. The summed E-state index contributed by atoms with van der Waals surface area (Å²) in [6.45, 7) is 3.55. The van der Waals surface area contributed by atoms with E-state index in [2.05, 4.69) is 24.4 Å². The zero-order chi connectivity index (χ0) is 14.2. The van der Waals surface area contributed by atoms with Gasteiger partial charge in [-0.1, -0.05) is 24.3 Å². The lowest BCUT2D eigenvalue weighted by atomic mass is 10.1. The standard InChI is InChI=1S/C16H22N2O2/c1-12-6-3-4-7-13(12)14-17-16(8-9-16)15(19)18(14)10-5-11-20-2/h3-4,6-7,14,17H,5,8-11H2,1-2H3. The minimum absolute atomic E-state index is 0.0167. The molecule has 1 N–H and O–H groups in total. The van der Waals surface area contributed by atoms with Crippen LogP contribution in [0.4, 0.5) is 0 Å². The van der Waals surface area contributed by atoms with E-state index in [0.29, 0.717) is 6.61 Å². The van der Waals surface area contributed by atoms with Crippen LogP contribution in [0.25, 0.3) is 0 Å². The van der Waals surface area contributed by atoms with Crippen LogP contribution in [0.3, 0.4) is 0 Å². The second kappa shape index (κ2) is 5.19. The zero-order valence-corrected chi connectivity index (χ0v) is 12.2. The number of hydrogen-bond acceptors (Lipinski definition) is 3. The van der Waals surface area contributed by atoms with Crippen molar-refractivity contribution in [1.82, 2.24) is 10.2 Å². The summed E-state index contributed by atoms with van der Waals surface area (Å²) >= 11 is 0. The first kappa shape index (κ1) is 13.6. The van der Waals surface area contributed by atoms with Crippen molar-refractivity contribution in [3.8, 4) is 0 Å². The fourth-order valence-electron chi connectivity index (χ4n) is 3.03. The molecule has 1 amide bonds. The van der Waals surface area contributed by atoms with Crippen LogP contribution in [0.15, 0.2) is 24.3 Å². The molecule has 2 aliphatic rings. The Hall–Kier alpha value is -1.39. The van der Waals surface area contributed by atoms with Crippen LogP contribution in [0.2, 0.25) is 0 Å². The van der Waals surface area contributed by atoms with E-state index in [9.17, 15) is 4.79 Å². The maximum atomic E-state index is 12.6. The summed E-state index contributed by atoms with van der Waals surface area (Å²) in [5.74, 6) is 0.266. The first-order valence-electron chi connectivity index (χ1n) is 7.31. The van der Waals surface area contributed by atoms with Gasteiger partial charge in [0.1, 0.15) is 11.7 Å². The molecule has 1 aliphatic carbocycles. The molecule has 20 heavy (non-hydrogen) atoms. The highest BCUT2D eigenvalue weighted by Crippen LogP contribution is 2.46. The van der Waals surface area contributed by atoms with Crippen LogP contribution in [-0.4, -0.2) is 36.6 Å². The van der Waals surface area contributed by atoms with Gasteiger partial charge in [0.15, 0.2) is 0 Å². The van der Waals surface area contributed by atoms with Crippen LogP contribution in [0, 0.1) is 6.92 Å². The summed E-state index contributed by atoms with van der Waals surface area (Å²) in [4.78, 5) is 14.6. The van der Waals surface area contributed by atoms with E-state index in [1.54, 1.807) is 7.11 Å². The molecule has 1 atom stereocenters. The average Bonchev–Trinajstić information content (AvgIpc) is 3.17. The zero-order valence-electron chi connectivity index (χ0n) is 12.2. The van der Waals surface area contributed by atoms with E-state index in [1.807, 2.05) is 17.0 Å². The van der Waals surface area contributed by atoms with Gasteiger partial charge in [-0.3, -0.25) is 10.1 Å². The first-order chi connectivity index (χ1) is 9.68. The summed E-state index contributed by atoms with van der Waals surface area (Å²) in [5, 5.41) is 3.56. The molecule has 108 valence electrons. The lowest BCUT2D eigenvalue weighted by Gasteiger charge is -2.25. The average molecular weight is 274 g/mol. The summed E-state index contributed by atoms with van der Waals surface area (Å²) in [6.07, 6.45) is 2.83. The number of benzene rings is 1. The Balaban J connectivity index is 1.84. The lowest BCUT2D eigenvalue weighted by Crippen LogP contribution is -2.33. The topological polar surface area (TPSA) is 41.6 Å². The van der Waals surface area contributed by atoms with Crippen molar-refractivity contribution in [3.63, 3.8) is 0 Å². The fourth-order valence-corrected chi connectivity index (χ4v) is 3.03. The number of nitrogens with zero attached hydrogens (tertiary/aromatic N) is 1. The highest BCUT2D eigenvalue weighted by molar-refractivity contribution is 5.92. The van der Waals surface area contributed by atoms with Gasteiger partial charge in [0.2, 0.25) is 5.91 Å². The molecule has 2 fully saturated rings. The predicted molar refractivity (Wildman–Crippen MR) is 77.2 cm³/mol. The van der Waals surface area contributed by atoms with E-state index in [0.717, 1.165) is 25.8 Å². The Morgan fingerprint density at radius 3 is 2.80 bits per heavy atom. The minimum atomic E-state index is -0.264. The van der Waals surface area contributed by atoms with Crippen LogP contribution < -0.4 is 5.32 Å². The highest BCUT2D eigenvalue weighted by atomic mass is 16.5. The van der Waals surface area contributed by atoms with E-state index in [-0.39, 0.29) is 17.6 Å². The van der Waals surface area contributed by atoms with Crippen molar-refractivity contribution in [1.29, 1.82) is 0 Å². The van der Waals surface area contributed by atoms with Crippen molar-refractivity contribution in [2.45, 2.75) is 37.9 Å². The monoisotopic (exact) mass is 274 g/mol. The minimum Gasteiger partial charge on any atom is -0.385 e. The Bertz CT molecular complexity index is 511. The van der Waals surface area contributed by atoms with Gasteiger partial charge in [-0.2, -0.15) is 0 Å². The number of methoxy groups -OCH3 is 1. The molecule has 4 nitrogen and oxygen atoms in total. The number of ether oxygens (including phenoxy) is 1. The van der Waals surface area contributed by atoms with Crippen molar-refractivity contribution < 1.29 is 9.53 Å². The number of carbonyl (C=O) groups excluding carboxylic acids is 1. The first-order valence-corrected chi connectivity index (χ1v) is 7.31. The molecule has 4 heteroatoms. The smallest absolute Gasteiger partial charge is 0.244 e. The Morgan fingerprint density at radius 1 is 1.40 bits per heavy atom. The second-order valence-corrected chi connectivity index (χ2v) is 5.83. The number of rotatable bonds is 5. The van der Waals surface area contributed by atoms with E-state index in [1.165, 1.54) is 11.1 Å². The Morgan fingerprint density at radius 2 is 2.15 bits per heavy atom. The highest BCUT2D eigenvalue weighted by Gasteiger charge is 2.59. The summed E-state index contributed by atoms with van der Waals surface area (Å²) in [6, 6.07) is 8.30. The van der Waals surface area contributed by atoms with Gasteiger partial charge in [-0.05, 0) is 37.3 Å². The van der Waals surface area contributed by atoms with Crippen molar-refractivity contribution in [2.24, 2.45) is 0 Å². The number of hydrogen-bond donors (Lipinski definition) is 1. The molecule has 1 heterocycles. The third kappa shape index (κ3) is 2.23. The molecule has 1 saturated carbocycles. The van der Waals surface area contributed by atoms with Gasteiger partial charge in [-0.15, -0.1) is 0 Å². The molecule has 1 aromatic rings. The predicted octanol–water partition coefficient (Wildman–Crippen LogP) is 1.99. The van der Waals surface area contributed by atoms with Crippen molar-refractivity contribution in [3.05, 3.63) is 35.4 Å². The summed E-state index contributed by atoms with van der Waals surface area (Å²) in [7, 11) is 1.70. The molecule has 0 radical (unpaired) electrons. The number of amides is 1. The van der Waals surface area contributed by atoms with Crippen LogP contribution in [0.1, 0.15) is 36.6 Å². The SMILES string of the molecule is COCCCN1C(=O)C2(CC2)NC1c1ccccc1C. The molecule has 1 spiro atoms.